The summed E-state index contributed by atoms with van der Waals surface area (Å²) in [5.74, 6) is 0. The van der Waals surface area contributed by atoms with Crippen molar-refractivity contribution in [3.63, 3.8) is 0 Å². The number of H-pyrrole nitrogens is 3. The standard InChI is InChI=1S/2C8H7N.4C7H6N2.C7H9N.5C6H5N3.C5H4N4/c1-2-6-9-7-3-5-8(9)4-1;1-2-4-8-6-9-5-7(8)3-1;1-3-7-4-2-6-9(7)8-5-1;1-2-6-9-7(3-1)4-5-8-9;1-2-5-9-6-4-8-7(9)3-1;1-2-4-9-6-8-5-7(9)3-1;1-3-7-4-2-6-8(7)5-1;1-3-9-4-2-8-6(9)5-7-1;1-2-7-3-6-5(1)8-4-9-6;1-2-7-5-9-4-3-8-6(1)9;1-2-4-9-5-7-8-6(9)3-1;1-2-4-9-6(3-1)7-5-8-9;1-4-5(8-2-6-1)9-3-7-4/h1-7H;1-6,9H;4*1-6H;1,3,5H,2,4,6H2;1-5H;1-4H,(H,8,9);3*1-5H;1-3H,(H,6,7,8,9). The number of benzene rings is 1. The van der Waals surface area contributed by atoms with E-state index < -0.39 is 0 Å². The van der Waals surface area contributed by atoms with Crippen LogP contribution in [0.4, 0.5) is 0 Å². The molecule has 30 nitrogen and oxygen atoms in total. The Morgan fingerprint density at radius 1 is 0.302 bits per heavy atom. The Kier molecular flexibility index (Phi) is 26.6. The maximum atomic E-state index is 4.08. The topological polar surface area (TPSA) is 311 Å². The molecule has 0 saturated heterocycles. The highest BCUT2D eigenvalue weighted by Crippen LogP contribution is 2.14. The molecule has 0 saturated carbocycles. The van der Waals surface area contributed by atoms with Gasteiger partial charge in [0.25, 0.3) is 0 Å². The van der Waals surface area contributed by atoms with Crippen LogP contribution in [0.25, 0.3) is 83.3 Å². The highest BCUT2D eigenvalue weighted by Gasteiger charge is 2.06. The molecule has 1 aromatic carbocycles. The molecule has 24 aromatic heterocycles. The van der Waals surface area contributed by atoms with Crippen LogP contribution in [0.1, 0.15) is 12.1 Å². The zero-order valence-corrected chi connectivity index (χ0v) is 62.4. The lowest BCUT2D eigenvalue weighted by Gasteiger charge is -1.90. The second kappa shape index (κ2) is 40.6. The summed E-state index contributed by atoms with van der Waals surface area (Å²) in [6.45, 7) is 1.24. The van der Waals surface area contributed by atoms with Gasteiger partial charge >= 0.3 is 0 Å². The quantitative estimate of drug-likeness (QED) is 0.127. The molecule has 0 atom stereocenters. The van der Waals surface area contributed by atoms with Gasteiger partial charge in [-0.15, -0.1) is 10.2 Å². The van der Waals surface area contributed by atoms with Crippen molar-refractivity contribution in [2.24, 2.45) is 0 Å². The highest BCUT2D eigenvalue weighted by molar-refractivity contribution is 5.81. The number of nitrogens with zero attached hydrogens (tertiary/aromatic N) is 27. The van der Waals surface area contributed by atoms with Crippen molar-refractivity contribution < 1.29 is 0 Å². The Balaban J connectivity index is 0.000000104. The third-order valence-electron chi connectivity index (χ3n) is 17.0. The molecule has 0 amide bonds. The number of aromatic amines is 3. The summed E-state index contributed by atoms with van der Waals surface area (Å²) in [5.41, 5.74) is 14.3. The third kappa shape index (κ3) is 21.8. The van der Waals surface area contributed by atoms with Crippen LogP contribution in [0.5, 0.6) is 0 Å². The fourth-order valence-electron chi connectivity index (χ4n) is 11.3. The van der Waals surface area contributed by atoms with Gasteiger partial charge < -0.3 is 37.1 Å². The molecule has 25 heterocycles. The van der Waals surface area contributed by atoms with E-state index in [2.05, 4.69) is 152 Å². The van der Waals surface area contributed by atoms with E-state index in [1.54, 1.807) is 104 Å². The van der Waals surface area contributed by atoms with Crippen LogP contribution < -0.4 is 0 Å². The molecule has 30 heteroatoms. The van der Waals surface area contributed by atoms with Crippen molar-refractivity contribution in [1.82, 2.24) is 145 Å². The normalized spacial score (nSPS) is 10.7. The summed E-state index contributed by atoms with van der Waals surface area (Å²) in [6.07, 6.45) is 64.4. The van der Waals surface area contributed by atoms with Crippen LogP contribution in [0.2, 0.25) is 0 Å². The van der Waals surface area contributed by atoms with Gasteiger partial charge in [-0.3, -0.25) is 18.8 Å². The molecule has 116 heavy (non-hydrogen) atoms. The maximum absolute atomic E-state index is 4.08. The molecule has 25 aromatic rings. The number of rotatable bonds is 0. The van der Waals surface area contributed by atoms with E-state index >= 15 is 0 Å². The molecular weight excluding hydrogens is 1450 g/mol. The number of nitrogens with one attached hydrogen (secondary N) is 3. The molecule has 0 aliphatic carbocycles. The van der Waals surface area contributed by atoms with Gasteiger partial charge in [0.2, 0.25) is 0 Å². The predicted octanol–water partition coefficient (Wildman–Crippen LogP) is 15.1. The second-order valence-corrected chi connectivity index (χ2v) is 24.6. The number of fused-ring (bicyclic) bond motifs is 13. The van der Waals surface area contributed by atoms with Gasteiger partial charge in [0.05, 0.1) is 71.4 Å². The molecule has 0 bridgehead atoms. The molecule has 0 fully saturated rings. The summed E-state index contributed by atoms with van der Waals surface area (Å²) in [7, 11) is 0. The van der Waals surface area contributed by atoms with E-state index in [1.165, 1.54) is 54.0 Å². The lowest BCUT2D eigenvalue weighted by molar-refractivity contribution is 0.750. The monoisotopic (exact) mass is 1530 g/mol. The van der Waals surface area contributed by atoms with Crippen LogP contribution in [0, 0.1) is 0 Å². The summed E-state index contributed by atoms with van der Waals surface area (Å²) in [5, 5.41) is 22.1. The van der Waals surface area contributed by atoms with Gasteiger partial charge in [-0.1, -0.05) is 60.7 Å². The van der Waals surface area contributed by atoms with Gasteiger partial charge in [-0.25, -0.2) is 63.4 Å². The van der Waals surface area contributed by atoms with E-state index in [0.717, 1.165) is 61.3 Å². The smallest absolute Gasteiger partial charge is 0.180 e. The van der Waals surface area contributed by atoms with E-state index in [9.17, 15) is 0 Å². The van der Waals surface area contributed by atoms with E-state index in [4.69, 9.17) is 0 Å². The molecule has 0 radical (unpaired) electrons. The first kappa shape index (κ1) is 76.0. The lowest BCUT2D eigenvalue weighted by Crippen LogP contribution is -1.86. The number of aryl methyl sites for hydroxylation is 2. The van der Waals surface area contributed by atoms with Crippen molar-refractivity contribution in [2.75, 3.05) is 0 Å². The Morgan fingerprint density at radius 2 is 0.879 bits per heavy atom. The van der Waals surface area contributed by atoms with Gasteiger partial charge in [0.15, 0.2) is 22.6 Å². The Bertz CT molecular complexity index is 5220. The van der Waals surface area contributed by atoms with Gasteiger partial charge in [0.1, 0.15) is 42.1 Å². The summed E-state index contributed by atoms with van der Waals surface area (Å²) in [6, 6.07) is 65.9. The molecule has 1 aliphatic heterocycles. The Morgan fingerprint density at radius 3 is 1.64 bits per heavy atom. The zero-order chi connectivity index (χ0) is 78.7. The molecule has 0 spiro atoms. The summed E-state index contributed by atoms with van der Waals surface area (Å²) >= 11 is 0. The van der Waals surface area contributed by atoms with E-state index in [1.807, 2.05) is 288 Å². The third-order valence-corrected chi connectivity index (χ3v) is 17.0. The Hall–Kier alpha value is -16.8. The molecule has 570 valence electrons. The first-order valence-electron chi connectivity index (χ1n) is 36.5. The molecule has 1 aliphatic rings. The minimum absolute atomic E-state index is 0.713. The molecule has 0 unspecified atom stereocenters. The van der Waals surface area contributed by atoms with Gasteiger partial charge in [-0.2, -0.15) is 15.3 Å². The van der Waals surface area contributed by atoms with Crippen molar-refractivity contribution in [3.05, 3.63) is 417 Å². The number of hydrogen-bond acceptors (Lipinski definition) is 17. The van der Waals surface area contributed by atoms with Crippen LogP contribution >= 0.6 is 0 Å². The highest BCUT2D eigenvalue weighted by atomic mass is 15.3. The van der Waals surface area contributed by atoms with Crippen molar-refractivity contribution in [2.45, 2.75) is 19.4 Å². The minimum atomic E-state index is 0.713. The number of hydrogen-bond donors (Lipinski definition) is 3. The molecule has 26 rings (SSSR count). The number of imidazole rings is 6. The summed E-state index contributed by atoms with van der Waals surface area (Å²) in [4.78, 5) is 56.3. The van der Waals surface area contributed by atoms with Crippen LogP contribution in [0.3, 0.4) is 0 Å². The number of aromatic nitrogens is 30. The summed E-state index contributed by atoms with van der Waals surface area (Å²) < 4.78 is 19.4. The Labute approximate surface area is 661 Å². The lowest BCUT2D eigenvalue weighted by atomic mass is 10.2. The number of pyridine rings is 7. The second-order valence-electron chi connectivity index (χ2n) is 24.6. The zero-order valence-electron chi connectivity index (χ0n) is 62.4. The molecular formula is C86H76N30. The first-order chi connectivity index (χ1) is 57.6. The van der Waals surface area contributed by atoms with Crippen molar-refractivity contribution >= 4 is 83.3 Å². The maximum Gasteiger partial charge on any atom is 0.180 e. The van der Waals surface area contributed by atoms with Crippen LogP contribution in [-0.4, -0.2) is 145 Å². The largest absolute Gasteiger partial charge is 0.366 e. The minimum Gasteiger partial charge on any atom is -0.366 e. The SMILES string of the molecule is c1cc2n(c1)CCC2.c1cc2nc[nH]c2cn1.c1cc2nccn2cn1.c1ccc2c[nH]cc2c1.c1ccn2cccc2c1.c1ccn2ccnc2c1.c1ccn2cncc2c1.c1ccn2cnnc2c1.c1ccn2nccc2c1.c1ccn2ncnc2c1.c1cn2ccnc2cn1.c1cnn2cccc2c1.c1ncc2[nH]cnc2n1. The van der Waals surface area contributed by atoms with Crippen molar-refractivity contribution in [1.29, 1.82) is 0 Å². The van der Waals surface area contributed by atoms with Crippen molar-refractivity contribution in [3.8, 4) is 0 Å². The fraction of sp³-hybridized carbons (Fsp3) is 0.0349. The fourth-order valence-corrected chi connectivity index (χ4v) is 11.3. The first-order valence-corrected chi connectivity index (χ1v) is 36.5. The van der Waals surface area contributed by atoms with Gasteiger partial charge in [-0.05, 0) is 163 Å². The molecule has 3 N–H and O–H groups in total. The average molecular weight is 1530 g/mol. The van der Waals surface area contributed by atoms with Gasteiger partial charge in [0, 0.05) is 160 Å². The van der Waals surface area contributed by atoms with Crippen LogP contribution in [0.15, 0.2) is 412 Å². The van der Waals surface area contributed by atoms with Crippen LogP contribution in [-0.2, 0) is 13.0 Å². The van der Waals surface area contributed by atoms with E-state index in [0.29, 0.717) is 5.65 Å². The average Bonchev–Trinajstić information content (AvgIpc) is 1.72. The van der Waals surface area contributed by atoms with E-state index in [-0.39, 0.29) is 0 Å². The predicted molar refractivity (Wildman–Crippen MR) is 447 cm³/mol.